The Bertz CT molecular complexity index is 409. The van der Waals surface area contributed by atoms with Crippen LogP contribution in [0.4, 0.5) is 0 Å². The zero-order valence-corrected chi connectivity index (χ0v) is 8.58. The third-order valence-electron chi connectivity index (χ3n) is 2.11. The number of hydrogen-bond donors (Lipinski definition) is 2. The maximum atomic E-state index is 10.5. The molecule has 84 valence electrons. The van der Waals surface area contributed by atoms with E-state index in [-0.39, 0.29) is 6.42 Å². The molecule has 1 aromatic carbocycles. The van der Waals surface area contributed by atoms with E-state index >= 15 is 0 Å². The molecular formula is C10H12N4O2. The monoisotopic (exact) mass is 220 g/mol. The van der Waals surface area contributed by atoms with Crippen LogP contribution in [0.2, 0.25) is 0 Å². The molecule has 0 amide bonds. The van der Waals surface area contributed by atoms with Gasteiger partial charge in [-0.3, -0.25) is 4.79 Å². The van der Waals surface area contributed by atoms with Gasteiger partial charge in [0.05, 0.1) is 6.54 Å². The van der Waals surface area contributed by atoms with Crippen LogP contribution in [0.15, 0.2) is 29.4 Å². The lowest BCUT2D eigenvalue weighted by Crippen LogP contribution is -2.32. The fourth-order valence-electron chi connectivity index (χ4n) is 1.24. The van der Waals surface area contributed by atoms with E-state index in [0.717, 1.165) is 11.1 Å². The van der Waals surface area contributed by atoms with Crippen molar-refractivity contribution in [2.45, 2.75) is 19.0 Å². The second kappa shape index (κ2) is 5.75. The van der Waals surface area contributed by atoms with Crippen molar-refractivity contribution in [2.24, 2.45) is 10.8 Å². The first-order chi connectivity index (χ1) is 7.63. The number of carboxylic acids is 1. The molecule has 1 atom stereocenters. The predicted molar refractivity (Wildman–Crippen MR) is 58.6 cm³/mol. The Balaban J connectivity index is 2.64. The highest BCUT2D eigenvalue weighted by Gasteiger charge is 2.11. The summed E-state index contributed by atoms with van der Waals surface area (Å²) in [4.78, 5) is 13.2. The highest BCUT2D eigenvalue weighted by molar-refractivity contribution is 5.73. The summed E-state index contributed by atoms with van der Waals surface area (Å²) in [6.07, 6.45) is 0.289. The molecule has 6 heteroatoms. The summed E-state index contributed by atoms with van der Waals surface area (Å²) >= 11 is 0. The minimum atomic E-state index is -1.02. The third kappa shape index (κ3) is 3.61. The maximum absolute atomic E-state index is 10.5. The molecule has 0 bridgehead atoms. The lowest BCUT2D eigenvalue weighted by molar-refractivity contribution is -0.138. The average Bonchev–Trinajstić information content (AvgIpc) is 2.28. The van der Waals surface area contributed by atoms with E-state index in [1.807, 2.05) is 0 Å². The summed E-state index contributed by atoms with van der Waals surface area (Å²) in [7, 11) is 0. The zero-order chi connectivity index (χ0) is 12.0. The topological polar surface area (TPSA) is 112 Å². The Morgan fingerprint density at radius 3 is 2.50 bits per heavy atom. The van der Waals surface area contributed by atoms with E-state index < -0.39 is 12.0 Å². The third-order valence-corrected chi connectivity index (χ3v) is 2.11. The Kier molecular flexibility index (Phi) is 4.32. The fraction of sp³-hybridized carbons (Fsp3) is 0.300. The number of nitrogens with two attached hydrogens (primary N) is 1. The standard InChI is InChI=1S/C10H12N4O2/c11-9(10(15)16)5-7-1-3-8(4-2-7)6-13-14-12/h1-4,9H,5-6,11H2,(H,15,16)/t9-/m0/s1. The molecule has 0 spiro atoms. The molecule has 0 saturated heterocycles. The van der Waals surface area contributed by atoms with Crippen LogP contribution < -0.4 is 5.73 Å². The van der Waals surface area contributed by atoms with Crippen LogP contribution in [0.3, 0.4) is 0 Å². The molecule has 0 aliphatic carbocycles. The van der Waals surface area contributed by atoms with Gasteiger partial charge in [0, 0.05) is 4.91 Å². The summed E-state index contributed by atoms with van der Waals surface area (Å²) in [6, 6.07) is 6.26. The number of carbonyl (C=O) groups is 1. The predicted octanol–water partition coefficient (Wildman–Crippen LogP) is 1.45. The number of nitrogens with zero attached hydrogens (tertiary/aromatic N) is 3. The number of rotatable bonds is 5. The molecule has 16 heavy (non-hydrogen) atoms. The smallest absolute Gasteiger partial charge is 0.320 e. The first kappa shape index (κ1) is 12.0. The molecule has 1 rings (SSSR count). The summed E-state index contributed by atoms with van der Waals surface area (Å²) in [6.45, 7) is 0.293. The molecule has 0 heterocycles. The van der Waals surface area contributed by atoms with Crippen molar-refractivity contribution >= 4 is 5.97 Å². The van der Waals surface area contributed by atoms with Crippen LogP contribution in [0.25, 0.3) is 10.4 Å². The van der Waals surface area contributed by atoms with Gasteiger partial charge < -0.3 is 10.8 Å². The van der Waals surface area contributed by atoms with Crippen molar-refractivity contribution in [2.75, 3.05) is 0 Å². The van der Waals surface area contributed by atoms with Crippen LogP contribution >= 0.6 is 0 Å². The van der Waals surface area contributed by atoms with Crippen molar-refractivity contribution < 1.29 is 9.90 Å². The van der Waals surface area contributed by atoms with Crippen molar-refractivity contribution in [3.8, 4) is 0 Å². The molecule has 0 radical (unpaired) electrons. The number of azide groups is 1. The van der Waals surface area contributed by atoms with E-state index in [1.165, 1.54) is 0 Å². The minimum absolute atomic E-state index is 0.289. The Morgan fingerprint density at radius 1 is 1.44 bits per heavy atom. The molecule has 0 saturated carbocycles. The average molecular weight is 220 g/mol. The van der Waals surface area contributed by atoms with Crippen LogP contribution in [0.5, 0.6) is 0 Å². The van der Waals surface area contributed by atoms with Gasteiger partial charge in [0.25, 0.3) is 0 Å². The van der Waals surface area contributed by atoms with E-state index in [4.69, 9.17) is 16.4 Å². The van der Waals surface area contributed by atoms with Gasteiger partial charge in [-0.1, -0.05) is 29.4 Å². The Hall–Kier alpha value is -2.04. The van der Waals surface area contributed by atoms with Gasteiger partial charge >= 0.3 is 5.97 Å². The summed E-state index contributed by atoms with van der Waals surface area (Å²) in [5, 5.41) is 12.1. The van der Waals surface area contributed by atoms with Crippen LogP contribution in [0.1, 0.15) is 11.1 Å². The normalized spacial score (nSPS) is 11.6. The molecular weight excluding hydrogens is 208 g/mol. The minimum Gasteiger partial charge on any atom is -0.480 e. The van der Waals surface area contributed by atoms with Gasteiger partial charge in [-0.25, -0.2) is 0 Å². The number of carboxylic acid groups (broad SMARTS) is 1. The van der Waals surface area contributed by atoms with Gasteiger partial charge in [-0.05, 0) is 23.1 Å². The number of aliphatic carboxylic acids is 1. The largest absolute Gasteiger partial charge is 0.480 e. The zero-order valence-electron chi connectivity index (χ0n) is 8.58. The van der Waals surface area contributed by atoms with E-state index in [2.05, 4.69) is 10.0 Å². The van der Waals surface area contributed by atoms with Crippen molar-refractivity contribution in [1.29, 1.82) is 0 Å². The Morgan fingerprint density at radius 2 is 2.00 bits per heavy atom. The lowest BCUT2D eigenvalue weighted by Gasteiger charge is -2.06. The lowest BCUT2D eigenvalue weighted by atomic mass is 10.0. The van der Waals surface area contributed by atoms with Gasteiger partial charge in [0.1, 0.15) is 6.04 Å². The van der Waals surface area contributed by atoms with Crippen molar-refractivity contribution in [3.05, 3.63) is 45.8 Å². The van der Waals surface area contributed by atoms with Gasteiger partial charge in [-0.15, -0.1) is 0 Å². The van der Waals surface area contributed by atoms with Crippen LogP contribution in [-0.4, -0.2) is 17.1 Å². The molecule has 0 aliphatic heterocycles. The SMILES string of the molecule is [N-]=[N+]=NCc1ccc(C[C@H](N)C(=O)O)cc1. The fourth-order valence-corrected chi connectivity index (χ4v) is 1.24. The van der Waals surface area contributed by atoms with Crippen molar-refractivity contribution in [3.63, 3.8) is 0 Å². The van der Waals surface area contributed by atoms with Crippen molar-refractivity contribution in [1.82, 2.24) is 0 Å². The first-order valence-corrected chi connectivity index (χ1v) is 4.70. The van der Waals surface area contributed by atoms with Crippen LogP contribution in [0, 0.1) is 0 Å². The van der Waals surface area contributed by atoms with E-state index in [0.29, 0.717) is 6.54 Å². The highest BCUT2D eigenvalue weighted by atomic mass is 16.4. The highest BCUT2D eigenvalue weighted by Crippen LogP contribution is 2.07. The first-order valence-electron chi connectivity index (χ1n) is 4.70. The van der Waals surface area contributed by atoms with Gasteiger partial charge in [0.15, 0.2) is 0 Å². The molecule has 6 nitrogen and oxygen atoms in total. The number of benzene rings is 1. The van der Waals surface area contributed by atoms with Crippen LogP contribution in [-0.2, 0) is 17.8 Å². The van der Waals surface area contributed by atoms with E-state index in [1.54, 1.807) is 24.3 Å². The number of hydrogen-bond acceptors (Lipinski definition) is 3. The Labute approximate surface area is 92.3 Å². The quantitative estimate of drug-likeness (QED) is 0.444. The van der Waals surface area contributed by atoms with Gasteiger partial charge in [-0.2, -0.15) is 0 Å². The molecule has 3 N–H and O–H groups in total. The maximum Gasteiger partial charge on any atom is 0.320 e. The molecule has 0 fully saturated rings. The summed E-state index contributed by atoms with van der Waals surface area (Å²) in [5.41, 5.74) is 15.3. The van der Waals surface area contributed by atoms with Gasteiger partial charge in [0.2, 0.25) is 0 Å². The second-order valence-electron chi connectivity index (χ2n) is 3.35. The molecule has 0 aromatic heterocycles. The second-order valence-corrected chi connectivity index (χ2v) is 3.35. The van der Waals surface area contributed by atoms with E-state index in [9.17, 15) is 4.79 Å². The molecule has 1 aromatic rings. The summed E-state index contributed by atoms with van der Waals surface area (Å²) < 4.78 is 0. The molecule has 0 unspecified atom stereocenters. The summed E-state index contributed by atoms with van der Waals surface area (Å²) in [5.74, 6) is -1.02. The molecule has 0 aliphatic rings.